The number of carboxylic acid groups (broad SMARTS) is 1. The summed E-state index contributed by atoms with van der Waals surface area (Å²) in [5.74, 6) is -1.85. The van der Waals surface area contributed by atoms with Crippen molar-refractivity contribution in [2.24, 2.45) is 0 Å². The monoisotopic (exact) mass is 285 g/mol. The highest BCUT2D eigenvalue weighted by molar-refractivity contribution is 7.95. The standard InChI is InChI=1S/C8H15NO6S2/c1-6(8(10)11)9(2)17(14,15)7-3-4-16(12,13)5-7/h6-7H,3-5H2,1-2H3,(H,10,11). The first-order valence-corrected chi connectivity index (χ1v) is 8.30. The van der Waals surface area contributed by atoms with Crippen LogP contribution in [-0.4, -0.2) is 62.1 Å². The molecule has 100 valence electrons. The van der Waals surface area contributed by atoms with Crippen LogP contribution in [0.2, 0.25) is 0 Å². The first-order chi connectivity index (χ1) is 7.58. The van der Waals surface area contributed by atoms with Crippen LogP contribution in [0.25, 0.3) is 0 Å². The molecule has 2 unspecified atom stereocenters. The lowest BCUT2D eigenvalue weighted by Crippen LogP contribution is -2.45. The van der Waals surface area contributed by atoms with E-state index in [0.717, 1.165) is 11.4 Å². The fourth-order valence-electron chi connectivity index (χ4n) is 1.61. The number of hydrogen-bond acceptors (Lipinski definition) is 5. The van der Waals surface area contributed by atoms with Gasteiger partial charge in [0.1, 0.15) is 6.04 Å². The van der Waals surface area contributed by atoms with E-state index in [0.29, 0.717) is 0 Å². The number of carboxylic acids is 1. The van der Waals surface area contributed by atoms with Crippen molar-refractivity contribution in [1.29, 1.82) is 0 Å². The molecule has 0 bridgehead atoms. The molecule has 9 heteroatoms. The van der Waals surface area contributed by atoms with Gasteiger partial charge in [-0.25, -0.2) is 16.8 Å². The lowest BCUT2D eigenvalue weighted by molar-refractivity contribution is -0.140. The highest BCUT2D eigenvalue weighted by Crippen LogP contribution is 2.22. The smallest absolute Gasteiger partial charge is 0.321 e. The summed E-state index contributed by atoms with van der Waals surface area (Å²) in [5, 5.41) is 7.71. The van der Waals surface area contributed by atoms with Gasteiger partial charge in [-0.3, -0.25) is 4.79 Å². The maximum atomic E-state index is 12.0. The molecule has 1 aliphatic heterocycles. The number of sulfonamides is 1. The van der Waals surface area contributed by atoms with E-state index in [1.807, 2.05) is 0 Å². The summed E-state index contributed by atoms with van der Waals surface area (Å²) in [7, 11) is -6.04. The minimum Gasteiger partial charge on any atom is -0.480 e. The number of rotatable bonds is 4. The van der Waals surface area contributed by atoms with Gasteiger partial charge in [0.15, 0.2) is 9.84 Å². The third-order valence-corrected chi connectivity index (χ3v) is 7.26. The quantitative estimate of drug-likeness (QED) is 0.703. The number of sulfone groups is 1. The summed E-state index contributed by atoms with van der Waals surface area (Å²) in [4.78, 5) is 10.7. The lowest BCUT2D eigenvalue weighted by Gasteiger charge is -2.23. The average molecular weight is 285 g/mol. The fraction of sp³-hybridized carbons (Fsp3) is 0.875. The summed E-state index contributed by atoms with van der Waals surface area (Å²) in [6.45, 7) is 1.24. The summed E-state index contributed by atoms with van der Waals surface area (Å²) in [6.07, 6.45) is 0.0291. The normalized spacial score (nSPS) is 25.9. The van der Waals surface area contributed by atoms with Gasteiger partial charge < -0.3 is 5.11 Å². The molecule has 0 aliphatic carbocycles. The predicted octanol–water partition coefficient (Wildman–Crippen LogP) is -1.09. The van der Waals surface area contributed by atoms with Crippen molar-refractivity contribution in [2.45, 2.75) is 24.6 Å². The molecule has 1 saturated heterocycles. The minimum atomic E-state index is -3.88. The largest absolute Gasteiger partial charge is 0.480 e. The first-order valence-electron chi connectivity index (χ1n) is 4.98. The third-order valence-electron chi connectivity index (χ3n) is 2.92. The molecule has 0 aromatic heterocycles. The molecule has 0 amide bonds. The van der Waals surface area contributed by atoms with Gasteiger partial charge in [0, 0.05) is 7.05 Å². The second kappa shape index (κ2) is 4.54. The molecular formula is C8H15NO6S2. The van der Waals surface area contributed by atoms with Crippen LogP contribution < -0.4 is 0 Å². The molecule has 1 N–H and O–H groups in total. The highest BCUT2D eigenvalue weighted by atomic mass is 32.2. The van der Waals surface area contributed by atoms with Gasteiger partial charge in [-0.2, -0.15) is 4.31 Å². The Balaban J connectivity index is 2.94. The van der Waals surface area contributed by atoms with Crippen molar-refractivity contribution in [3.8, 4) is 0 Å². The zero-order valence-corrected chi connectivity index (χ0v) is 11.2. The number of aliphatic carboxylic acids is 1. The Bertz CT molecular complexity index is 508. The van der Waals surface area contributed by atoms with Gasteiger partial charge in [-0.15, -0.1) is 0 Å². The second-order valence-electron chi connectivity index (χ2n) is 4.10. The van der Waals surface area contributed by atoms with E-state index in [2.05, 4.69) is 0 Å². The molecule has 1 heterocycles. The van der Waals surface area contributed by atoms with Gasteiger partial charge in [-0.1, -0.05) is 0 Å². The Labute approximate surface area is 100 Å². The van der Waals surface area contributed by atoms with Crippen molar-refractivity contribution in [3.63, 3.8) is 0 Å². The predicted molar refractivity (Wildman–Crippen MR) is 60.8 cm³/mol. The summed E-state index contributed by atoms with van der Waals surface area (Å²) < 4.78 is 47.1. The zero-order valence-electron chi connectivity index (χ0n) is 9.53. The van der Waals surface area contributed by atoms with E-state index in [9.17, 15) is 21.6 Å². The maximum Gasteiger partial charge on any atom is 0.321 e. The molecule has 1 aliphatic rings. The Morgan fingerprint density at radius 3 is 2.35 bits per heavy atom. The van der Waals surface area contributed by atoms with Crippen molar-refractivity contribution in [2.75, 3.05) is 18.6 Å². The molecular weight excluding hydrogens is 270 g/mol. The topological polar surface area (TPSA) is 109 Å². The summed E-state index contributed by atoms with van der Waals surface area (Å²) in [5.41, 5.74) is 0. The van der Waals surface area contributed by atoms with Crippen LogP contribution >= 0.6 is 0 Å². The van der Waals surface area contributed by atoms with Crippen LogP contribution in [0.3, 0.4) is 0 Å². The molecule has 2 atom stereocenters. The van der Waals surface area contributed by atoms with E-state index in [1.54, 1.807) is 0 Å². The van der Waals surface area contributed by atoms with Gasteiger partial charge in [-0.05, 0) is 13.3 Å². The number of hydrogen-bond donors (Lipinski definition) is 1. The molecule has 0 saturated carbocycles. The molecule has 0 aromatic rings. The molecule has 1 rings (SSSR count). The Morgan fingerprint density at radius 1 is 1.47 bits per heavy atom. The Morgan fingerprint density at radius 2 is 2.00 bits per heavy atom. The van der Waals surface area contributed by atoms with Crippen LogP contribution in [0, 0.1) is 0 Å². The van der Waals surface area contributed by atoms with Crippen molar-refractivity contribution >= 4 is 25.8 Å². The highest BCUT2D eigenvalue weighted by Gasteiger charge is 2.41. The van der Waals surface area contributed by atoms with Gasteiger partial charge in [0.2, 0.25) is 10.0 Å². The van der Waals surface area contributed by atoms with E-state index < -0.39 is 42.9 Å². The van der Waals surface area contributed by atoms with E-state index in [4.69, 9.17) is 5.11 Å². The molecule has 0 aromatic carbocycles. The Kier molecular flexibility index (Phi) is 3.84. The minimum absolute atomic E-state index is 0.0291. The van der Waals surface area contributed by atoms with Crippen molar-refractivity contribution in [3.05, 3.63) is 0 Å². The SMILES string of the molecule is CC(C(=O)O)N(C)S(=O)(=O)C1CCS(=O)(=O)C1. The van der Waals surface area contributed by atoms with E-state index >= 15 is 0 Å². The van der Waals surface area contributed by atoms with Crippen LogP contribution in [0.15, 0.2) is 0 Å². The van der Waals surface area contributed by atoms with E-state index in [-0.39, 0.29) is 12.2 Å². The zero-order chi connectivity index (χ0) is 13.4. The second-order valence-corrected chi connectivity index (χ2v) is 8.60. The number of carbonyl (C=O) groups is 1. The summed E-state index contributed by atoms with van der Waals surface area (Å²) >= 11 is 0. The van der Waals surface area contributed by atoms with E-state index in [1.165, 1.54) is 6.92 Å². The third kappa shape index (κ3) is 2.96. The fourth-order valence-corrected chi connectivity index (χ4v) is 6.03. The van der Waals surface area contributed by atoms with Gasteiger partial charge in [0.25, 0.3) is 0 Å². The van der Waals surface area contributed by atoms with Crippen molar-refractivity contribution < 1.29 is 26.7 Å². The molecule has 0 spiro atoms. The van der Waals surface area contributed by atoms with Crippen LogP contribution in [0.4, 0.5) is 0 Å². The van der Waals surface area contributed by atoms with Gasteiger partial charge in [0.05, 0.1) is 16.8 Å². The van der Waals surface area contributed by atoms with Crippen LogP contribution in [0.5, 0.6) is 0 Å². The molecule has 0 radical (unpaired) electrons. The summed E-state index contributed by atoms with van der Waals surface area (Å²) in [6, 6.07) is -1.21. The molecule has 17 heavy (non-hydrogen) atoms. The molecule has 7 nitrogen and oxygen atoms in total. The van der Waals surface area contributed by atoms with Crippen LogP contribution in [0.1, 0.15) is 13.3 Å². The van der Waals surface area contributed by atoms with Crippen LogP contribution in [-0.2, 0) is 24.7 Å². The Hall–Kier alpha value is -0.670. The van der Waals surface area contributed by atoms with Crippen molar-refractivity contribution in [1.82, 2.24) is 4.31 Å². The lowest BCUT2D eigenvalue weighted by atomic mass is 10.4. The first kappa shape index (κ1) is 14.4. The average Bonchev–Trinajstić information content (AvgIpc) is 2.56. The molecule has 1 fully saturated rings. The van der Waals surface area contributed by atoms with Gasteiger partial charge >= 0.3 is 5.97 Å². The number of nitrogens with zero attached hydrogens (tertiary/aromatic N) is 1. The number of likely N-dealkylation sites (N-methyl/N-ethyl adjacent to an activating group) is 1. The maximum absolute atomic E-state index is 12.0.